The zero-order valence-corrected chi connectivity index (χ0v) is 10.9. The number of carbonyl (C=O) groups excluding carboxylic acids is 1. The Morgan fingerprint density at radius 2 is 2.26 bits per heavy atom. The highest BCUT2D eigenvalue weighted by molar-refractivity contribution is 5.80. The van der Waals surface area contributed by atoms with Crippen LogP contribution in [0.15, 0.2) is 12.1 Å². The summed E-state index contributed by atoms with van der Waals surface area (Å²) in [5.41, 5.74) is 1.77. The molecule has 0 unspecified atom stereocenters. The maximum absolute atomic E-state index is 13.8. The molecule has 1 N–H and O–H groups in total. The molecular formula is C15H18FNO2. The van der Waals surface area contributed by atoms with Crippen molar-refractivity contribution in [2.45, 2.75) is 32.1 Å². The van der Waals surface area contributed by atoms with E-state index in [2.05, 4.69) is 5.32 Å². The molecule has 1 saturated carbocycles. The van der Waals surface area contributed by atoms with Gasteiger partial charge in [-0.2, -0.15) is 0 Å². The van der Waals surface area contributed by atoms with Gasteiger partial charge < -0.3 is 10.1 Å². The molecule has 4 heteroatoms. The highest BCUT2D eigenvalue weighted by Gasteiger charge is 2.29. The molecule has 1 aliphatic carbocycles. The average Bonchev–Trinajstić information content (AvgIpc) is 3.15. The summed E-state index contributed by atoms with van der Waals surface area (Å²) >= 11 is 0. The molecule has 0 atom stereocenters. The molecule has 19 heavy (non-hydrogen) atoms. The molecule has 3 rings (SSSR count). The monoisotopic (exact) mass is 263 g/mol. The molecule has 102 valence electrons. The summed E-state index contributed by atoms with van der Waals surface area (Å²) in [6.45, 7) is 1.27. The summed E-state index contributed by atoms with van der Waals surface area (Å²) < 4.78 is 19.3. The van der Waals surface area contributed by atoms with Crippen LogP contribution in [0.3, 0.4) is 0 Å². The zero-order valence-electron chi connectivity index (χ0n) is 10.9. The Hall–Kier alpha value is -1.58. The van der Waals surface area contributed by atoms with Gasteiger partial charge >= 0.3 is 0 Å². The third-order valence-electron chi connectivity index (χ3n) is 3.79. The van der Waals surface area contributed by atoms with Gasteiger partial charge in [0.1, 0.15) is 11.6 Å². The maximum atomic E-state index is 13.8. The Bertz CT molecular complexity index is 497. The van der Waals surface area contributed by atoms with E-state index in [1.54, 1.807) is 6.07 Å². The first-order chi connectivity index (χ1) is 9.25. The fraction of sp³-hybridized carbons (Fsp3) is 0.533. The number of nitrogens with one attached hydrogen (secondary N) is 1. The van der Waals surface area contributed by atoms with Gasteiger partial charge in [-0.15, -0.1) is 0 Å². The lowest BCUT2D eigenvalue weighted by Gasteiger charge is -2.09. The number of fused-ring (bicyclic) bond motifs is 1. The van der Waals surface area contributed by atoms with Crippen molar-refractivity contribution in [1.29, 1.82) is 0 Å². The first kappa shape index (κ1) is 12.5. The summed E-state index contributed by atoms with van der Waals surface area (Å²) in [6.07, 6.45) is 4.25. The maximum Gasteiger partial charge on any atom is 0.223 e. The fourth-order valence-corrected chi connectivity index (χ4v) is 2.55. The average molecular weight is 263 g/mol. The molecule has 1 aliphatic heterocycles. The molecule has 1 amide bonds. The van der Waals surface area contributed by atoms with Gasteiger partial charge in [0, 0.05) is 24.4 Å². The molecule has 0 aromatic heterocycles. The number of amides is 1. The number of benzene rings is 1. The number of hydrogen-bond donors (Lipinski definition) is 1. The van der Waals surface area contributed by atoms with Gasteiger partial charge in [-0.3, -0.25) is 4.79 Å². The summed E-state index contributed by atoms with van der Waals surface area (Å²) in [6, 6.07) is 3.18. The van der Waals surface area contributed by atoms with Crippen molar-refractivity contribution in [2.24, 2.45) is 5.92 Å². The van der Waals surface area contributed by atoms with Gasteiger partial charge in [0.05, 0.1) is 6.61 Å². The zero-order chi connectivity index (χ0) is 13.2. The van der Waals surface area contributed by atoms with E-state index < -0.39 is 0 Å². The Balaban J connectivity index is 1.55. The first-order valence-corrected chi connectivity index (χ1v) is 6.96. The van der Waals surface area contributed by atoms with Gasteiger partial charge in [-0.1, -0.05) is 0 Å². The van der Waals surface area contributed by atoms with Crippen LogP contribution < -0.4 is 10.1 Å². The summed E-state index contributed by atoms with van der Waals surface area (Å²) in [7, 11) is 0. The fourth-order valence-electron chi connectivity index (χ4n) is 2.55. The molecule has 1 aromatic carbocycles. The number of hydrogen-bond acceptors (Lipinski definition) is 2. The van der Waals surface area contributed by atoms with Gasteiger partial charge in [0.25, 0.3) is 0 Å². The minimum atomic E-state index is -0.155. The van der Waals surface area contributed by atoms with Crippen LogP contribution in [0.1, 0.15) is 30.4 Å². The Morgan fingerprint density at radius 1 is 1.42 bits per heavy atom. The lowest BCUT2D eigenvalue weighted by molar-refractivity contribution is -0.122. The van der Waals surface area contributed by atoms with E-state index >= 15 is 0 Å². The Kier molecular flexibility index (Phi) is 3.40. The molecule has 1 aromatic rings. The van der Waals surface area contributed by atoms with Crippen molar-refractivity contribution in [3.8, 4) is 5.75 Å². The number of carbonyl (C=O) groups is 1. The van der Waals surface area contributed by atoms with Gasteiger partial charge in [0.15, 0.2) is 0 Å². The predicted molar refractivity (Wildman–Crippen MR) is 69.7 cm³/mol. The second-order valence-corrected chi connectivity index (χ2v) is 5.27. The Labute approximate surface area is 112 Å². The summed E-state index contributed by atoms with van der Waals surface area (Å²) in [5.74, 6) is 1.06. The topological polar surface area (TPSA) is 38.3 Å². The van der Waals surface area contributed by atoms with Crippen molar-refractivity contribution in [2.75, 3.05) is 13.2 Å². The smallest absolute Gasteiger partial charge is 0.223 e. The molecule has 1 heterocycles. The number of ether oxygens (including phenoxy) is 1. The standard InChI is InChI=1S/C15H18FNO2/c16-13-5-6-14-12(7-9-19-14)11(13)2-1-8-17-15(18)10-3-4-10/h5-6,10H,1-4,7-9H2,(H,17,18). The second-order valence-electron chi connectivity index (χ2n) is 5.27. The lowest BCUT2D eigenvalue weighted by atomic mass is 10.00. The normalized spacial score (nSPS) is 16.9. The number of halogens is 1. The SMILES string of the molecule is O=C(NCCCc1c(F)ccc2c1CCO2)C1CC1. The van der Waals surface area contributed by atoms with Crippen LogP contribution in [-0.2, 0) is 17.6 Å². The molecule has 0 bridgehead atoms. The first-order valence-electron chi connectivity index (χ1n) is 6.96. The van der Waals surface area contributed by atoms with E-state index in [1.807, 2.05) is 0 Å². The van der Waals surface area contributed by atoms with Crippen LogP contribution in [0.25, 0.3) is 0 Å². The minimum Gasteiger partial charge on any atom is -0.493 e. The molecule has 1 fully saturated rings. The van der Waals surface area contributed by atoms with Crippen LogP contribution >= 0.6 is 0 Å². The predicted octanol–water partition coefficient (Wildman–Crippen LogP) is 2.22. The van der Waals surface area contributed by atoms with Crippen molar-refractivity contribution in [3.63, 3.8) is 0 Å². The lowest BCUT2D eigenvalue weighted by Crippen LogP contribution is -2.26. The second kappa shape index (κ2) is 5.19. The highest BCUT2D eigenvalue weighted by atomic mass is 19.1. The molecular weight excluding hydrogens is 245 g/mol. The van der Waals surface area contributed by atoms with Gasteiger partial charge in [-0.25, -0.2) is 4.39 Å². The van der Waals surface area contributed by atoms with E-state index in [4.69, 9.17) is 4.74 Å². The van der Waals surface area contributed by atoms with E-state index in [-0.39, 0.29) is 17.6 Å². The van der Waals surface area contributed by atoms with Gasteiger partial charge in [0.2, 0.25) is 5.91 Å². The van der Waals surface area contributed by atoms with Crippen LogP contribution in [0.2, 0.25) is 0 Å². The van der Waals surface area contributed by atoms with Crippen LogP contribution in [0.5, 0.6) is 5.75 Å². The molecule has 0 spiro atoms. The molecule has 0 saturated heterocycles. The Morgan fingerprint density at radius 3 is 3.05 bits per heavy atom. The molecule has 2 aliphatic rings. The summed E-state index contributed by atoms with van der Waals surface area (Å²) in [5, 5.41) is 2.91. The van der Waals surface area contributed by atoms with Crippen LogP contribution in [0.4, 0.5) is 4.39 Å². The minimum absolute atomic E-state index is 0.155. The van der Waals surface area contributed by atoms with Crippen molar-refractivity contribution in [1.82, 2.24) is 5.32 Å². The third-order valence-corrected chi connectivity index (χ3v) is 3.79. The van der Waals surface area contributed by atoms with Crippen molar-refractivity contribution < 1.29 is 13.9 Å². The van der Waals surface area contributed by atoms with E-state index in [0.717, 1.165) is 42.6 Å². The summed E-state index contributed by atoms with van der Waals surface area (Å²) in [4.78, 5) is 11.5. The quantitative estimate of drug-likeness (QED) is 0.827. The van der Waals surface area contributed by atoms with E-state index in [9.17, 15) is 9.18 Å². The van der Waals surface area contributed by atoms with Crippen molar-refractivity contribution >= 4 is 5.91 Å². The van der Waals surface area contributed by atoms with E-state index in [1.165, 1.54) is 6.07 Å². The van der Waals surface area contributed by atoms with Crippen LogP contribution in [-0.4, -0.2) is 19.1 Å². The van der Waals surface area contributed by atoms with Crippen LogP contribution in [0, 0.1) is 11.7 Å². The third kappa shape index (κ3) is 2.72. The van der Waals surface area contributed by atoms with Gasteiger partial charge in [-0.05, 0) is 43.4 Å². The molecule has 3 nitrogen and oxygen atoms in total. The highest BCUT2D eigenvalue weighted by Crippen LogP contribution is 2.31. The van der Waals surface area contributed by atoms with E-state index in [0.29, 0.717) is 19.6 Å². The molecule has 0 radical (unpaired) electrons. The largest absolute Gasteiger partial charge is 0.493 e. The number of rotatable bonds is 5. The van der Waals surface area contributed by atoms with Crippen molar-refractivity contribution in [3.05, 3.63) is 29.1 Å².